The van der Waals surface area contributed by atoms with Gasteiger partial charge in [0.05, 0.1) is 11.8 Å². The lowest BCUT2D eigenvalue weighted by molar-refractivity contribution is -0.139. The maximum absolute atomic E-state index is 12.1. The Kier molecular flexibility index (Phi) is 3.88. The van der Waals surface area contributed by atoms with E-state index in [9.17, 15) is 9.59 Å². The molecule has 4 heteroatoms. The van der Waals surface area contributed by atoms with Gasteiger partial charge in [-0.2, -0.15) is 0 Å². The summed E-state index contributed by atoms with van der Waals surface area (Å²) in [7, 11) is 1.70. The van der Waals surface area contributed by atoms with Crippen molar-refractivity contribution in [1.82, 2.24) is 0 Å². The van der Waals surface area contributed by atoms with Crippen LogP contribution < -0.4 is 4.90 Å². The predicted molar refractivity (Wildman–Crippen MR) is 73.1 cm³/mol. The van der Waals surface area contributed by atoms with E-state index < -0.39 is 11.9 Å². The van der Waals surface area contributed by atoms with Gasteiger partial charge in [-0.3, -0.25) is 9.59 Å². The van der Waals surface area contributed by atoms with Gasteiger partial charge in [-0.05, 0) is 30.5 Å². The molecule has 4 nitrogen and oxygen atoms in total. The molecule has 1 aromatic rings. The van der Waals surface area contributed by atoms with E-state index in [4.69, 9.17) is 5.11 Å². The van der Waals surface area contributed by atoms with Crippen molar-refractivity contribution in [2.24, 2.45) is 11.8 Å². The number of carbonyl (C=O) groups excluding carboxylic acids is 1. The fourth-order valence-corrected chi connectivity index (χ4v) is 2.29. The molecule has 0 spiro atoms. The molecule has 1 saturated carbocycles. The second-order valence-electron chi connectivity index (χ2n) is 5.10. The van der Waals surface area contributed by atoms with Gasteiger partial charge in [0.25, 0.3) is 0 Å². The number of aliphatic carboxylic acids is 1. The Hall–Kier alpha value is -1.84. The third kappa shape index (κ3) is 2.95. The number of anilines is 1. The molecule has 0 radical (unpaired) electrons. The smallest absolute Gasteiger partial charge is 0.307 e. The standard InChI is InChI=1S/C15H19NO3/c1-3-4-10-5-7-11(8-6-10)16(2)14(17)12-9-13(12)15(18)19/h5-8,12-13H,3-4,9H2,1-2H3,(H,18,19). The number of carbonyl (C=O) groups is 2. The summed E-state index contributed by atoms with van der Waals surface area (Å²) in [5.41, 5.74) is 2.07. The molecule has 2 unspecified atom stereocenters. The first kappa shape index (κ1) is 13.6. The Bertz CT molecular complexity index is 481. The van der Waals surface area contributed by atoms with Crippen LogP contribution in [-0.4, -0.2) is 24.0 Å². The normalized spacial score (nSPS) is 20.9. The summed E-state index contributed by atoms with van der Waals surface area (Å²) in [5.74, 6) is -1.81. The highest BCUT2D eigenvalue weighted by molar-refractivity contribution is 5.99. The fraction of sp³-hybridized carbons (Fsp3) is 0.467. The van der Waals surface area contributed by atoms with Gasteiger partial charge >= 0.3 is 5.97 Å². The molecule has 0 aromatic heterocycles. The summed E-state index contributed by atoms with van der Waals surface area (Å²) in [6.07, 6.45) is 2.59. The van der Waals surface area contributed by atoms with E-state index in [1.54, 1.807) is 11.9 Å². The second-order valence-corrected chi connectivity index (χ2v) is 5.10. The van der Waals surface area contributed by atoms with E-state index >= 15 is 0 Å². The monoisotopic (exact) mass is 261 g/mol. The van der Waals surface area contributed by atoms with Gasteiger partial charge in [-0.25, -0.2) is 0 Å². The van der Waals surface area contributed by atoms with Crippen molar-refractivity contribution in [3.63, 3.8) is 0 Å². The Labute approximate surface area is 113 Å². The van der Waals surface area contributed by atoms with E-state index in [2.05, 4.69) is 6.92 Å². The van der Waals surface area contributed by atoms with Crippen molar-refractivity contribution in [3.05, 3.63) is 29.8 Å². The van der Waals surface area contributed by atoms with Crippen LogP contribution in [0.4, 0.5) is 5.69 Å². The van der Waals surface area contributed by atoms with E-state index in [1.165, 1.54) is 5.56 Å². The number of carboxylic acid groups (broad SMARTS) is 1. The first-order chi connectivity index (χ1) is 9.04. The van der Waals surface area contributed by atoms with Crippen molar-refractivity contribution in [2.75, 3.05) is 11.9 Å². The van der Waals surface area contributed by atoms with Gasteiger partial charge in [0, 0.05) is 12.7 Å². The largest absolute Gasteiger partial charge is 0.481 e. The van der Waals surface area contributed by atoms with Crippen LogP contribution in [0.5, 0.6) is 0 Å². The third-order valence-electron chi connectivity index (χ3n) is 3.62. The van der Waals surface area contributed by atoms with Crippen molar-refractivity contribution >= 4 is 17.6 Å². The minimum Gasteiger partial charge on any atom is -0.481 e. The molecule has 19 heavy (non-hydrogen) atoms. The van der Waals surface area contributed by atoms with Gasteiger partial charge < -0.3 is 10.0 Å². The Balaban J connectivity index is 2.01. The van der Waals surface area contributed by atoms with Crippen LogP contribution in [0.2, 0.25) is 0 Å². The summed E-state index contributed by atoms with van der Waals surface area (Å²) in [6.45, 7) is 2.13. The quantitative estimate of drug-likeness (QED) is 0.885. The zero-order valence-electron chi connectivity index (χ0n) is 11.3. The Morgan fingerprint density at radius 3 is 2.37 bits per heavy atom. The van der Waals surface area contributed by atoms with Crippen LogP contribution in [0.25, 0.3) is 0 Å². The topological polar surface area (TPSA) is 57.6 Å². The summed E-state index contributed by atoms with van der Waals surface area (Å²) >= 11 is 0. The summed E-state index contributed by atoms with van der Waals surface area (Å²) < 4.78 is 0. The van der Waals surface area contributed by atoms with Gasteiger partial charge in [0.15, 0.2) is 0 Å². The third-order valence-corrected chi connectivity index (χ3v) is 3.62. The molecule has 1 aliphatic carbocycles. The second kappa shape index (κ2) is 5.43. The van der Waals surface area contributed by atoms with Gasteiger partial charge in [0.1, 0.15) is 0 Å². The van der Waals surface area contributed by atoms with Crippen molar-refractivity contribution in [1.29, 1.82) is 0 Å². The minimum atomic E-state index is -0.870. The van der Waals surface area contributed by atoms with Crippen molar-refractivity contribution < 1.29 is 14.7 Å². The Morgan fingerprint density at radius 2 is 1.89 bits per heavy atom. The van der Waals surface area contributed by atoms with Crippen LogP contribution in [0.3, 0.4) is 0 Å². The van der Waals surface area contributed by atoms with Crippen molar-refractivity contribution in [2.45, 2.75) is 26.2 Å². The number of nitrogens with zero attached hydrogens (tertiary/aromatic N) is 1. The minimum absolute atomic E-state index is 0.101. The zero-order chi connectivity index (χ0) is 14.0. The summed E-state index contributed by atoms with van der Waals surface area (Å²) in [6, 6.07) is 7.87. The van der Waals surface area contributed by atoms with E-state index in [0.29, 0.717) is 6.42 Å². The average Bonchev–Trinajstić information content (AvgIpc) is 3.19. The van der Waals surface area contributed by atoms with Crippen LogP contribution >= 0.6 is 0 Å². The zero-order valence-corrected chi connectivity index (χ0v) is 11.3. The average molecular weight is 261 g/mol. The molecular weight excluding hydrogens is 242 g/mol. The lowest BCUT2D eigenvalue weighted by Gasteiger charge is -2.17. The molecule has 0 aliphatic heterocycles. The van der Waals surface area contributed by atoms with Gasteiger partial charge in [-0.15, -0.1) is 0 Å². The van der Waals surface area contributed by atoms with E-state index in [-0.39, 0.29) is 11.8 Å². The first-order valence-electron chi connectivity index (χ1n) is 6.64. The molecular formula is C15H19NO3. The number of hydrogen-bond donors (Lipinski definition) is 1. The molecule has 1 N–H and O–H groups in total. The number of carboxylic acids is 1. The summed E-state index contributed by atoms with van der Waals surface area (Å²) in [5, 5.41) is 8.85. The number of rotatable bonds is 5. The number of hydrogen-bond acceptors (Lipinski definition) is 2. The molecule has 1 amide bonds. The maximum atomic E-state index is 12.1. The number of aryl methyl sites for hydroxylation is 1. The Morgan fingerprint density at radius 1 is 1.26 bits per heavy atom. The molecule has 1 aromatic carbocycles. The lowest BCUT2D eigenvalue weighted by Crippen LogP contribution is -2.29. The van der Waals surface area contributed by atoms with Gasteiger partial charge in [0.2, 0.25) is 5.91 Å². The van der Waals surface area contributed by atoms with Crippen molar-refractivity contribution in [3.8, 4) is 0 Å². The maximum Gasteiger partial charge on any atom is 0.307 e. The summed E-state index contributed by atoms with van der Waals surface area (Å²) in [4.78, 5) is 24.4. The van der Waals surface area contributed by atoms with Crippen LogP contribution in [0.1, 0.15) is 25.3 Å². The molecule has 0 heterocycles. The van der Waals surface area contributed by atoms with E-state index in [1.807, 2.05) is 24.3 Å². The molecule has 0 bridgehead atoms. The van der Waals surface area contributed by atoms with E-state index in [0.717, 1.165) is 18.5 Å². The lowest BCUT2D eigenvalue weighted by atomic mass is 10.1. The van der Waals surface area contributed by atoms with Crippen LogP contribution in [-0.2, 0) is 16.0 Å². The van der Waals surface area contributed by atoms with Crippen LogP contribution in [0.15, 0.2) is 24.3 Å². The van der Waals surface area contributed by atoms with Crippen LogP contribution in [0, 0.1) is 11.8 Å². The number of benzene rings is 1. The highest BCUT2D eigenvalue weighted by atomic mass is 16.4. The molecule has 1 fully saturated rings. The molecule has 2 rings (SSSR count). The number of amides is 1. The molecule has 2 atom stereocenters. The molecule has 0 saturated heterocycles. The highest BCUT2D eigenvalue weighted by Gasteiger charge is 2.49. The first-order valence-corrected chi connectivity index (χ1v) is 6.64. The molecule has 1 aliphatic rings. The highest BCUT2D eigenvalue weighted by Crippen LogP contribution is 2.40. The fourth-order valence-electron chi connectivity index (χ4n) is 2.29. The SMILES string of the molecule is CCCc1ccc(N(C)C(=O)C2CC2C(=O)O)cc1. The molecule has 102 valence electrons. The van der Waals surface area contributed by atoms with Gasteiger partial charge in [-0.1, -0.05) is 25.5 Å². The predicted octanol–water partition coefficient (Wildman–Crippen LogP) is 2.32.